The van der Waals surface area contributed by atoms with E-state index in [0.717, 1.165) is 38.8 Å². The Labute approximate surface area is 118 Å². The number of morpholine rings is 1. The molecule has 1 aliphatic heterocycles. The molecule has 1 N–H and O–H groups in total. The first-order valence-electron chi connectivity index (χ1n) is 8.06. The van der Waals surface area contributed by atoms with E-state index in [1.54, 1.807) is 0 Å². The van der Waals surface area contributed by atoms with Crippen LogP contribution < -0.4 is 5.32 Å². The third kappa shape index (κ3) is 2.45. The van der Waals surface area contributed by atoms with Crippen LogP contribution >= 0.6 is 0 Å². The molecule has 0 spiro atoms. The Kier molecular flexibility index (Phi) is 3.65. The van der Waals surface area contributed by atoms with Gasteiger partial charge in [-0.15, -0.1) is 0 Å². The summed E-state index contributed by atoms with van der Waals surface area (Å²) >= 11 is 0. The van der Waals surface area contributed by atoms with Crippen molar-refractivity contribution in [2.75, 3.05) is 39.4 Å². The molecule has 0 aromatic heterocycles. The number of hydrogen-bond acceptors (Lipinski definition) is 3. The maximum Gasteiger partial charge on any atom is 0.0594 e. The average molecular weight is 266 g/mol. The van der Waals surface area contributed by atoms with Crippen LogP contribution in [0.15, 0.2) is 0 Å². The Morgan fingerprint density at radius 1 is 1.21 bits per heavy atom. The van der Waals surface area contributed by atoms with Gasteiger partial charge < -0.3 is 10.1 Å². The van der Waals surface area contributed by atoms with Crippen molar-refractivity contribution in [1.82, 2.24) is 10.2 Å². The fourth-order valence-electron chi connectivity index (χ4n) is 5.00. The lowest BCUT2D eigenvalue weighted by Crippen LogP contribution is -2.52. The molecule has 2 saturated carbocycles. The molecule has 1 saturated heterocycles. The van der Waals surface area contributed by atoms with Crippen LogP contribution in [0.4, 0.5) is 0 Å². The second kappa shape index (κ2) is 5.01. The van der Waals surface area contributed by atoms with Crippen LogP contribution in [0.1, 0.15) is 40.0 Å². The zero-order valence-electron chi connectivity index (χ0n) is 12.9. The molecule has 3 nitrogen and oxygen atoms in total. The lowest BCUT2D eigenvalue weighted by molar-refractivity contribution is 0.0353. The van der Waals surface area contributed by atoms with E-state index >= 15 is 0 Å². The number of rotatable bonds is 4. The number of hydrogen-bond donors (Lipinski definition) is 1. The van der Waals surface area contributed by atoms with Gasteiger partial charge in [-0.1, -0.05) is 20.8 Å². The third-order valence-corrected chi connectivity index (χ3v) is 6.15. The van der Waals surface area contributed by atoms with E-state index in [1.807, 2.05) is 0 Å². The van der Waals surface area contributed by atoms with E-state index in [-0.39, 0.29) is 0 Å². The highest BCUT2D eigenvalue weighted by molar-refractivity contribution is 5.11. The molecule has 0 aromatic rings. The molecule has 0 amide bonds. The van der Waals surface area contributed by atoms with E-state index in [9.17, 15) is 0 Å². The Morgan fingerprint density at radius 3 is 2.58 bits per heavy atom. The summed E-state index contributed by atoms with van der Waals surface area (Å²) in [6.45, 7) is 13.8. The molecule has 3 rings (SSSR count). The quantitative estimate of drug-likeness (QED) is 0.843. The zero-order chi connectivity index (χ0) is 13.5. The predicted octanol–water partition coefficient (Wildman–Crippen LogP) is 2.12. The van der Waals surface area contributed by atoms with Crippen LogP contribution in [0.5, 0.6) is 0 Å². The summed E-state index contributed by atoms with van der Waals surface area (Å²) in [7, 11) is 0. The molecule has 3 fully saturated rings. The summed E-state index contributed by atoms with van der Waals surface area (Å²) in [6, 6.07) is 0.708. The minimum absolute atomic E-state index is 0.484. The van der Waals surface area contributed by atoms with Crippen LogP contribution in [0.2, 0.25) is 0 Å². The Morgan fingerprint density at radius 2 is 1.95 bits per heavy atom. The Bertz CT molecular complexity index is 320. The normalized spacial score (nSPS) is 41.8. The first kappa shape index (κ1) is 13.8. The van der Waals surface area contributed by atoms with E-state index < -0.39 is 0 Å². The van der Waals surface area contributed by atoms with Gasteiger partial charge in [-0.3, -0.25) is 4.90 Å². The summed E-state index contributed by atoms with van der Waals surface area (Å²) in [6.07, 6.45) is 4.32. The lowest BCUT2D eigenvalue weighted by atomic mass is 9.68. The average Bonchev–Trinajstić information content (AvgIpc) is 2.86. The van der Waals surface area contributed by atoms with Crippen molar-refractivity contribution in [2.45, 2.75) is 46.1 Å². The van der Waals surface area contributed by atoms with Gasteiger partial charge in [-0.05, 0) is 36.0 Å². The highest BCUT2D eigenvalue weighted by atomic mass is 16.5. The van der Waals surface area contributed by atoms with Crippen LogP contribution in [-0.4, -0.2) is 50.3 Å². The number of nitrogens with zero attached hydrogens (tertiary/aromatic N) is 1. The van der Waals surface area contributed by atoms with Crippen molar-refractivity contribution >= 4 is 0 Å². The smallest absolute Gasteiger partial charge is 0.0594 e. The van der Waals surface area contributed by atoms with Crippen molar-refractivity contribution in [3.63, 3.8) is 0 Å². The van der Waals surface area contributed by atoms with Gasteiger partial charge in [-0.2, -0.15) is 0 Å². The van der Waals surface area contributed by atoms with Gasteiger partial charge in [-0.25, -0.2) is 0 Å². The first-order chi connectivity index (χ1) is 9.02. The molecule has 1 unspecified atom stereocenters. The largest absolute Gasteiger partial charge is 0.379 e. The lowest BCUT2D eigenvalue weighted by Gasteiger charge is -2.43. The van der Waals surface area contributed by atoms with Gasteiger partial charge in [0.05, 0.1) is 13.2 Å². The molecular formula is C16H30N2O. The summed E-state index contributed by atoms with van der Waals surface area (Å²) in [5.41, 5.74) is 1.04. The Hall–Kier alpha value is -0.120. The van der Waals surface area contributed by atoms with Gasteiger partial charge >= 0.3 is 0 Å². The first-order valence-corrected chi connectivity index (χ1v) is 8.06. The molecule has 0 radical (unpaired) electrons. The van der Waals surface area contributed by atoms with Gasteiger partial charge in [0.1, 0.15) is 0 Å². The summed E-state index contributed by atoms with van der Waals surface area (Å²) in [4.78, 5) is 2.53. The standard InChI is InChI=1S/C16H30N2O/c1-15(2)13-4-5-16(3,12-13)14(15)17-6-7-18-8-10-19-11-9-18/h13-14,17H,4-12H2,1-3H3/t13-,14?,16+/m0/s1. The van der Waals surface area contributed by atoms with Crippen molar-refractivity contribution < 1.29 is 4.74 Å². The maximum atomic E-state index is 5.41. The van der Waals surface area contributed by atoms with Crippen LogP contribution in [0, 0.1) is 16.7 Å². The fraction of sp³-hybridized carbons (Fsp3) is 1.00. The molecule has 3 aliphatic rings. The number of fused-ring (bicyclic) bond motifs is 2. The molecule has 3 atom stereocenters. The summed E-state index contributed by atoms with van der Waals surface area (Å²) in [5.74, 6) is 0.943. The van der Waals surface area contributed by atoms with Gasteiger partial charge in [0.15, 0.2) is 0 Å². The Balaban J connectivity index is 1.52. The van der Waals surface area contributed by atoms with Crippen molar-refractivity contribution in [3.05, 3.63) is 0 Å². The van der Waals surface area contributed by atoms with E-state index in [0.29, 0.717) is 16.9 Å². The van der Waals surface area contributed by atoms with Crippen LogP contribution in [0.3, 0.4) is 0 Å². The van der Waals surface area contributed by atoms with E-state index in [1.165, 1.54) is 25.8 Å². The van der Waals surface area contributed by atoms with Gasteiger partial charge in [0.25, 0.3) is 0 Å². The molecule has 2 aliphatic carbocycles. The summed E-state index contributed by atoms with van der Waals surface area (Å²) < 4.78 is 5.41. The van der Waals surface area contributed by atoms with Crippen LogP contribution in [-0.2, 0) is 4.74 Å². The fourth-order valence-corrected chi connectivity index (χ4v) is 5.00. The highest BCUT2D eigenvalue weighted by Crippen LogP contribution is 2.62. The molecule has 0 aromatic carbocycles. The second-order valence-corrected chi connectivity index (χ2v) is 7.76. The van der Waals surface area contributed by atoms with Crippen LogP contribution in [0.25, 0.3) is 0 Å². The summed E-state index contributed by atoms with van der Waals surface area (Å²) in [5, 5.41) is 3.91. The van der Waals surface area contributed by atoms with E-state index in [2.05, 4.69) is 31.0 Å². The van der Waals surface area contributed by atoms with Crippen molar-refractivity contribution in [3.8, 4) is 0 Å². The number of nitrogens with one attached hydrogen (secondary N) is 1. The molecular weight excluding hydrogens is 236 g/mol. The third-order valence-electron chi connectivity index (χ3n) is 6.15. The SMILES string of the molecule is CC1(C)C(NCCN2CCOCC2)[C@]2(C)CC[C@H]1C2. The van der Waals surface area contributed by atoms with Gasteiger partial charge in [0.2, 0.25) is 0 Å². The van der Waals surface area contributed by atoms with Crippen molar-refractivity contribution in [2.24, 2.45) is 16.7 Å². The minimum Gasteiger partial charge on any atom is -0.379 e. The monoisotopic (exact) mass is 266 g/mol. The minimum atomic E-state index is 0.484. The predicted molar refractivity (Wildman–Crippen MR) is 78.3 cm³/mol. The zero-order valence-corrected chi connectivity index (χ0v) is 12.9. The van der Waals surface area contributed by atoms with Gasteiger partial charge in [0, 0.05) is 32.2 Å². The molecule has 3 heteroatoms. The second-order valence-electron chi connectivity index (χ2n) is 7.76. The molecule has 2 bridgehead atoms. The number of ether oxygens (including phenoxy) is 1. The molecule has 110 valence electrons. The highest BCUT2D eigenvalue weighted by Gasteiger charge is 2.58. The molecule has 19 heavy (non-hydrogen) atoms. The molecule has 1 heterocycles. The van der Waals surface area contributed by atoms with Crippen molar-refractivity contribution in [1.29, 1.82) is 0 Å². The van der Waals surface area contributed by atoms with E-state index in [4.69, 9.17) is 4.74 Å². The topological polar surface area (TPSA) is 24.5 Å². The maximum absolute atomic E-state index is 5.41.